The zero-order valence-corrected chi connectivity index (χ0v) is 17.7. The van der Waals surface area contributed by atoms with Crippen LogP contribution in [0.1, 0.15) is 11.1 Å². The Bertz CT molecular complexity index is 979. The number of thiol groups is 1. The molecule has 0 aliphatic carbocycles. The first kappa shape index (κ1) is 23.4. The number of hydrogen-bond acceptors (Lipinski definition) is 6. The lowest BCUT2D eigenvalue weighted by molar-refractivity contribution is -0.137. The van der Waals surface area contributed by atoms with E-state index in [1.807, 2.05) is 0 Å². The van der Waals surface area contributed by atoms with E-state index < -0.39 is 17.8 Å². The van der Waals surface area contributed by atoms with Crippen molar-refractivity contribution in [2.24, 2.45) is 4.40 Å². The van der Waals surface area contributed by atoms with Crippen molar-refractivity contribution in [3.8, 4) is 0 Å². The van der Waals surface area contributed by atoms with Crippen molar-refractivity contribution in [1.29, 1.82) is 5.41 Å². The molecular weight excluding hydrogens is 445 g/mol. The van der Waals surface area contributed by atoms with E-state index in [0.717, 1.165) is 17.7 Å². The van der Waals surface area contributed by atoms with Crippen LogP contribution in [-0.4, -0.2) is 58.7 Å². The van der Waals surface area contributed by atoms with Crippen LogP contribution in [0.5, 0.6) is 0 Å². The van der Waals surface area contributed by atoms with Crippen LogP contribution in [0.4, 0.5) is 23.7 Å². The standard InChI is InChI=1S/C20H21F3N6O2S/c21-20(22,23)15-2-1-3-16(12-15)26-19(30)29-10-8-28(9-11-29)18(27-32)17(24)31-13-14-4-6-25-7-5-14/h1-7,12,24,32H,8-11,13H2,(H,26,30)/b24-17?,27-18+. The maximum Gasteiger partial charge on any atom is 0.416 e. The van der Waals surface area contributed by atoms with Crippen molar-refractivity contribution in [3.05, 3.63) is 59.9 Å². The molecule has 2 aromatic rings. The topological polar surface area (TPSA) is 93.9 Å². The molecule has 2 amide bonds. The van der Waals surface area contributed by atoms with Crippen molar-refractivity contribution < 1.29 is 22.7 Å². The molecule has 2 heterocycles. The molecule has 32 heavy (non-hydrogen) atoms. The summed E-state index contributed by atoms with van der Waals surface area (Å²) in [7, 11) is 0. The number of amidine groups is 1. The lowest BCUT2D eigenvalue weighted by Gasteiger charge is -2.36. The van der Waals surface area contributed by atoms with Gasteiger partial charge in [0, 0.05) is 44.3 Å². The Balaban J connectivity index is 1.52. The number of carbonyl (C=O) groups excluding carboxylic acids is 1. The highest BCUT2D eigenvalue weighted by atomic mass is 32.1. The van der Waals surface area contributed by atoms with Crippen molar-refractivity contribution >= 4 is 36.3 Å². The monoisotopic (exact) mass is 466 g/mol. The Kier molecular flexibility index (Phi) is 7.57. The molecule has 0 bridgehead atoms. The molecule has 0 radical (unpaired) electrons. The minimum absolute atomic E-state index is 0.0659. The number of carbonyl (C=O) groups is 1. The first-order valence-electron chi connectivity index (χ1n) is 9.58. The molecule has 0 saturated carbocycles. The van der Waals surface area contributed by atoms with Gasteiger partial charge in [0.25, 0.3) is 5.90 Å². The molecule has 0 atom stereocenters. The van der Waals surface area contributed by atoms with Gasteiger partial charge in [0.2, 0.25) is 0 Å². The zero-order chi connectivity index (χ0) is 23.1. The highest BCUT2D eigenvalue weighted by Gasteiger charge is 2.31. The molecule has 1 fully saturated rings. The van der Waals surface area contributed by atoms with E-state index >= 15 is 0 Å². The largest absolute Gasteiger partial charge is 0.471 e. The minimum Gasteiger partial charge on any atom is -0.471 e. The van der Waals surface area contributed by atoms with E-state index in [-0.39, 0.29) is 37.1 Å². The molecule has 3 rings (SSSR count). The van der Waals surface area contributed by atoms with Gasteiger partial charge in [0.15, 0.2) is 5.84 Å². The summed E-state index contributed by atoms with van der Waals surface area (Å²) >= 11 is 3.94. The van der Waals surface area contributed by atoms with Gasteiger partial charge < -0.3 is 19.9 Å². The number of rotatable bonds is 3. The lowest BCUT2D eigenvalue weighted by atomic mass is 10.2. The first-order chi connectivity index (χ1) is 15.3. The van der Waals surface area contributed by atoms with Crippen molar-refractivity contribution in [2.75, 3.05) is 31.5 Å². The summed E-state index contributed by atoms with van der Waals surface area (Å²) < 4.78 is 47.9. The van der Waals surface area contributed by atoms with Gasteiger partial charge >= 0.3 is 12.2 Å². The molecule has 0 unspecified atom stereocenters. The summed E-state index contributed by atoms with van der Waals surface area (Å²) in [4.78, 5) is 19.6. The van der Waals surface area contributed by atoms with Crippen LogP contribution in [0.3, 0.4) is 0 Å². The van der Waals surface area contributed by atoms with E-state index in [1.165, 1.54) is 17.0 Å². The number of nitrogens with one attached hydrogen (secondary N) is 2. The molecule has 0 spiro atoms. The van der Waals surface area contributed by atoms with Gasteiger partial charge in [-0.3, -0.25) is 10.4 Å². The van der Waals surface area contributed by atoms with Gasteiger partial charge in [-0.2, -0.15) is 17.6 Å². The molecule has 1 aliphatic heterocycles. The van der Waals surface area contributed by atoms with Crippen LogP contribution in [0.2, 0.25) is 0 Å². The highest BCUT2D eigenvalue weighted by Crippen LogP contribution is 2.30. The first-order valence-corrected chi connectivity index (χ1v) is 9.98. The van der Waals surface area contributed by atoms with Gasteiger partial charge in [-0.1, -0.05) is 6.07 Å². The molecular formula is C20H21F3N6O2S. The molecule has 1 aromatic carbocycles. The number of halogens is 3. The van der Waals surface area contributed by atoms with Crippen LogP contribution < -0.4 is 5.32 Å². The Morgan fingerprint density at radius 2 is 1.81 bits per heavy atom. The molecule has 1 aromatic heterocycles. The third kappa shape index (κ3) is 6.13. The maximum atomic E-state index is 12.9. The maximum absolute atomic E-state index is 12.9. The number of amides is 2. The van der Waals surface area contributed by atoms with Crippen LogP contribution in [0.25, 0.3) is 0 Å². The van der Waals surface area contributed by atoms with E-state index in [9.17, 15) is 18.0 Å². The summed E-state index contributed by atoms with van der Waals surface area (Å²) in [5.74, 6) is 0.0824. The number of piperazine rings is 1. The summed E-state index contributed by atoms with van der Waals surface area (Å²) in [5, 5.41) is 10.6. The quantitative estimate of drug-likeness (QED) is 0.365. The van der Waals surface area contributed by atoms with Crippen LogP contribution >= 0.6 is 12.8 Å². The van der Waals surface area contributed by atoms with Crippen LogP contribution in [0, 0.1) is 5.41 Å². The van der Waals surface area contributed by atoms with Crippen molar-refractivity contribution in [3.63, 3.8) is 0 Å². The van der Waals surface area contributed by atoms with E-state index in [2.05, 4.69) is 27.5 Å². The average Bonchev–Trinajstić information content (AvgIpc) is 2.79. The van der Waals surface area contributed by atoms with Gasteiger partial charge in [-0.25, -0.2) is 4.79 Å². The second kappa shape index (κ2) is 10.4. The van der Waals surface area contributed by atoms with Gasteiger partial charge in [-0.15, -0.1) is 0 Å². The average molecular weight is 466 g/mol. The van der Waals surface area contributed by atoms with Gasteiger partial charge in [-0.05, 0) is 48.7 Å². The number of nitrogens with zero attached hydrogens (tertiary/aromatic N) is 4. The van der Waals surface area contributed by atoms with E-state index in [1.54, 1.807) is 29.4 Å². The van der Waals surface area contributed by atoms with Gasteiger partial charge in [0.1, 0.15) is 6.61 Å². The number of urea groups is 1. The molecule has 12 heteroatoms. The fourth-order valence-corrected chi connectivity index (χ4v) is 3.27. The Morgan fingerprint density at radius 3 is 2.44 bits per heavy atom. The molecule has 8 nitrogen and oxygen atoms in total. The van der Waals surface area contributed by atoms with E-state index in [4.69, 9.17) is 10.1 Å². The Morgan fingerprint density at radius 1 is 1.16 bits per heavy atom. The highest BCUT2D eigenvalue weighted by molar-refractivity contribution is 7.79. The van der Waals surface area contributed by atoms with E-state index in [0.29, 0.717) is 13.1 Å². The smallest absolute Gasteiger partial charge is 0.416 e. The number of hydrogen-bond donors (Lipinski definition) is 3. The Hall–Kier alpha value is -3.28. The predicted octanol–water partition coefficient (Wildman–Crippen LogP) is 3.69. The number of alkyl halides is 3. The van der Waals surface area contributed by atoms with Crippen molar-refractivity contribution in [1.82, 2.24) is 14.8 Å². The fourth-order valence-electron chi connectivity index (χ4n) is 3.05. The third-order valence-corrected chi connectivity index (χ3v) is 4.93. The summed E-state index contributed by atoms with van der Waals surface area (Å²) in [6.07, 6.45) is -1.24. The van der Waals surface area contributed by atoms with Gasteiger partial charge in [0.05, 0.1) is 5.56 Å². The second-order valence-electron chi connectivity index (χ2n) is 6.88. The number of benzene rings is 1. The number of ether oxygens (including phenoxy) is 1. The van der Waals surface area contributed by atoms with Crippen LogP contribution in [0.15, 0.2) is 53.2 Å². The normalized spacial score (nSPS) is 14.8. The zero-order valence-electron chi connectivity index (χ0n) is 16.8. The van der Waals surface area contributed by atoms with Crippen LogP contribution in [-0.2, 0) is 17.5 Å². The predicted molar refractivity (Wildman–Crippen MR) is 117 cm³/mol. The summed E-state index contributed by atoms with van der Waals surface area (Å²) in [6.45, 7) is 1.46. The third-order valence-electron chi connectivity index (χ3n) is 4.74. The Labute approximate surface area is 188 Å². The number of aromatic nitrogens is 1. The minimum atomic E-state index is -4.49. The molecule has 2 N–H and O–H groups in total. The van der Waals surface area contributed by atoms with Crippen molar-refractivity contribution in [2.45, 2.75) is 12.8 Å². The second-order valence-corrected chi connectivity index (χ2v) is 7.08. The molecule has 1 aliphatic rings. The number of pyridine rings is 1. The molecule has 170 valence electrons. The summed E-state index contributed by atoms with van der Waals surface area (Å²) in [5.41, 5.74) is 0.0792. The lowest BCUT2D eigenvalue weighted by Crippen LogP contribution is -2.53. The summed E-state index contributed by atoms with van der Waals surface area (Å²) in [6, 6.07) is 7.51. The number of anilines is 1. The fraction of sp³-hybridized carbons (Fsp3) is 0.300. The molecule has 1 saturated heterocycles. The SMILES string of the molecule is N=C(OCc1ccncc1)/C(=N\S)N1CCN(C(=O)Nc2cccc(C(F)(F)F)c2)CC1.